The largest absolute Gasteiger partial charge is 0.457 e. The highest BCUT2D eigenvalue weighted by atomic mass is 32.2. The fourth-order valence-electron chi connectivity index (χ4n) is 5.07. The molecule has 0 spiro atoms. The average Bonchev–Trinajstić information content (AvgIpc) is 3.45. The number of aliphatic hydroxyl groups is 1. The fraction of sp³-hybridized carbons (Fsp3) is 0.517. The molecule has 12 heteroatoms. The Kier molecular flexibility index (Phi) is 11.1. The maximum atomic E-state index is 13.1. The van der Waals surface area contributed by atoms with Gasteiger partial charge in [-0.25, -0.2) is 14.4 Å². The Hall–Kier alpha value is -3.69. The van der Waals surface area contributed by atoms with Crippen molar-refractivity contribution in [3.63, 3.8) is 0 Å². The number of esters is 1. The van der Waals surface area contributed by atoms with E-state index in [2.05, 4.69) is 31.6 Å². The minimum absolute atomic E-state index is 0.0131. The van der Waals surface area contributed by atoms with E-state index in [0.29, 0.717) is 11.3 Å². The average molecular weight is 588 g/mol. The summed E-state index contributed by atoms with van der Waals surface area (Å²) in [6.45, 7) is 14.6. The fourth-order valence-corrected chi connectivity index (χ4v) is 6.59. The molecule has 3 amide bonds. The number of aliphatic hydroxyl groups excluding tert-OH is 1. The van der Waals surface area contributed by atoms with Crippen LogP contribution in [0.25, 0.3) is 0 Å². The quantitative estimate of drug-likeness (QED) is 0.128. The zero-order chi connectivity index (χ0) is 30.3. The van der Waals surface area contributed by atoms with Crippen LogP contribution in [0.15, 0.2) is 48.6 Å². The highest BCUT2D eigenvalue weighted by Crippen LogP contribution is 2.52. The third-order valence-corrected chi connectivity index (χ3v) is 8.46. The lowest BCUT2D eigenvalue weighted by atomic mass is 9.79. The molecule has 0 unspecified atom stereocenters. The Morgan fingerprint density at radius 3 is 2.41 bits per heavy atom. The van der Waals surface area contributed by atoms with Gasteiger partial charge in [0.15, 0.2) is 0 Å². The Morgan fingerprint density at radius 2 is 1.78 bits per heavy atom. The van der Waals surface area contributed by atoms with Crippen LogP contribution in [-0.4, -0.2) is 107 Å². The van der Waals surface area contributed by atoms with Gasteiger partial charge < -0.3 is 29.1 Å². The van der Waals surface area contributed by atoms with E-state index in [1.165, 1.54) is 44.7 Å². The number of carbonyl (C=O) groups excluding carboxylic acids is 4. The molecule has 1 N–H and O–H groups in total. The molecule has 3 heterocycles. The van der Waals surface area contributed by atoms with Crippen molar-refractivity contribution in [2.45, 2.75) is 43.7 Å². The lowest BCUT2D eigenvalue weighted by Gasteiger charge is -2.46. The maximum Gasteiger partial charge on any atom is 0.411 e. The highest BCUT2D eigenvalue weighted by Gasteiger charge is 2.60. The molecule has 6 atom stereocenters. The summed E-state index contributed by atoms with van der Waals surface area (Å²) in [7, 11) is 1.55. The van der Waals surface area contributed by atoms with Crippen molar-refractivity contribution in [1.82, 2.24) is 14.7 Å². The summed E-state index contributed by atoms with van der Waals surface area (Å²) in [5.74, 6) is 4.20. The van der Waals surface area contributed by atoms with E-state index in [-0.39, 0.29) is 61.7 Å². The second-order valence-electron chi connectivity index (χ2n) is 9.91. The lowest BCUT2D eigenvalue weighted by Crippen LogP contribution is -2.63. The number of thioether (sulfide) groups is 1. The van der Waals surface area contributed by atoms with Crippen LogP contribution in [0.1, 0.15) is 20.3 Å². The van der Waals surface area contributed by atoms with Gasteiger partial charge in [0.05, 0.1) is 30.7 Å². The molecule has 0 bridgehead atoms. The van der Waals surface area contributed by atoms with Crippen LogP contribution in [0.5, 0.6) is 0 Å². The molecule has 2 fully saturated rings. The van der Waals surface area contributed by atoms with Crippen LogP contribution in [0.2, 0.25) is 0 Å². The zero-order valence-electron chi connectivity index (χ0n) is 23.6. The number of nitrogens with zero attached hydrogens (tertiary/aromatic N) is 3. The third kappa shape index (κ3) is 6.97. The Balaban J connectivity index is 1.83. The van der Waals surface area contributed by atoms with Crippen LogP contribution < -0.4 is 0 Å². The van der Waals surface area contributed by atoms with Crippen molar-refractivity contribution in [2.75, 3.05) is 40.0 Å². The first-order chi connectivity index (χ1) is 19.6. The van der Waals surface area contributed by atoms with Crippen LogP contribution in [0.3, 0.4) is 0 Å². The molecule has 0 aromatic heterocycles. The molecule has 41 heavy (non-hydrogen) atoms. The predicted molar refractivity (Wildman–Crippen MR) is 153 cm³/mol. The molecule has 11 nitrogen and oxygen atoms in total. The smallest absolute Gasteiger partial charge is 0.411 e. The summed E-state index contributed by atoms with van der Waals surface area (Å²) in [4.78, 5) is 55.8. The van der Waals surface area contributed by atoms with Gasteiger partial charge in [0.2, 0.25) is 5.91 Å². The van der Waals surface area contributed by atoms with Crippen LogP contribution >= 0.6 is 11.8 Å². The summed E-state index contributed by atoms with van der Waals surface area (Å²) in [5.41, 5.74) is 0.172. The number of hydrogen-bond donors (Lipinski definition) is 1. The summed E-state index contributed by atoms with van der Waals surface area (Å²) in [5, 5.41) is 10.0. The Morgan fingerprint density at radius 1 is 1.15 bits per heavy atom. The summed E-state index contributed by atoms with van der Waals surface area (Å²) in [6.07, 6.45) is 2.86. The van der Waals surface area contributed by atoms with Gasteiger partial charge in [0.25, 0.3) is 0 Å². The minimum atomic E-state index is -0.866. The second kappa shape index (κ2) is 14.3. The number of β-lactam (4-membered cyclic amide) rings is 1. The SMILES string of the molecule is C=CCOC(=O)C1=C(S[C@H]2C[C@@H](C#CCN(C)C(=O)OCC=C)N(C(=O)OCC=C)C2)[C@H](C)[C@@H]2[C@@H]([C@@H](C)O)C(=O)N12. The monoisotopic (exact) mass is 587 g/mol. The van der Waals surface area contributed by atoms with Crippen molar-refractivity contribution in [1.29, 1.82) is 0 Å². The normalized spacial score (nSPS) is 25.3. The zero-order valence-corrected chi connectivity index (χ0v) is 24.4. The molecule has 0 aromatic rings. The lowest BCUT2D eigenvalue weighted by molar-refractivity contribution is -0.164. The first-order valence-electron chi connectivity index (χ1n) is 13.3. The van der Waals surface area contributed by atoms with Crippen LogP contribution in [0.4, 0.5) is 9.59 Å². The first-order valence-corrected chi connectivity index (χ1v) is 14.2. The van der Waals surface area contributed by atoms with Gasteiger partial charge in [0.1, 0.15) is 25.5 Å². The van der Waals surface area contributed by atoms with Gasteiger partial charge in [-0.15, -0.1) is 11.8 Å². The maximum absolute atomic E-state index is 13.1. The Bertz CT molecular complexity index is 1170. The number of fused-ring (bicyclic) bond motifs is 1. The first kappa shape index (κ1) is 31.8. The van der Waals surface area contributed by atoms with Gasteiger partial charge in [-0.3, -0.25) is 9.69 Å². The molecule has 0 aliphatic carbocycles. The van der Waals surface area contributed by atoms with E-state index in [1.807, 2.05) is 6.92 Å². The van der Waals surface area contributed by atoms with E-state index in [9.17, 15) is 24.3 Å². The van der Waals surface area contributed by atoms with Gasteiger partial charge >= 0.3 is 18.2 Å². The molecular formula is C29H37N3O8S. The van der Waals surface area contributed by atoms with Gasteiger partial charge in [-0.1, -0.05) is 56.7 Å². The van der Waals surface area contributed by atoms with E-state index in [4.69, 9.17) is 14.2 Å². The number of likely N-dealkylation sites (tertiary alicyclic amines) is 1. The summed E-state index contributed by atoms with van der Waals surface area (Å²) >= 11 is 1.40. The van der Waals surface area contributed by atoms with Crippen LogP contribution in [-0.2, 0) is 23.8 Å². The van der Waals surface area contributed by atoms with E-state index < -0.39 is 36.2 Å². The molecular weight excluding hydrogens is 550 g/mol. The highest BCUT2D eigenvalue weighted by molar-refractivity contribution is 8.03. The molecule has 0 aromatic carbocycles. The molecule has 3 aliphatic heterocycles. The van der Waals surface area contributed by atoms with Crippen LogP contribution in [0, 0.1) is 23.7 Å². The number of amides is 3. The second-order valence-corrected chi connectivity index (χ2v) is 11.2. The van der Waals surface area contributed by atoms with Gasteiger partial charge in [-0.05, 0) is 13.3 Å². The third-order valence-electron chi connectivity index (χ3n) is 6.97. The molecule has 0 radical (unpaired) electrons. The number of ether oxygens (including phenoxy) is 3. The predicted octanol–water partition coefficient (Wildman–Crippen LogP) is 2.54. The minimum Gasteiger partial charge on any atom is -0.457 e. The van der Waals surface area contributed by atoms with Gasteiger partial charge in [0, 0.05) is 29.7 Å². The Labute approximate surface area is 244 Å². The van der Waals surface area contributed by atoms with Crippen molar-refractivity contribution >= 4 is 35.8 Å². The molecule has 2 saturated heterocycles. The number of carbonyl (C=O) groups is 4. The standard InChI is InChI=1S/C29H37N3O8S/c1-7-13-38-27(35)24-25(18(4)23-22(19(5)33)26(34)32(23)24)41-21-16-20(31(17-21)29(37)40-15-9-3)11-10-12-30(6)28(36)39-14-8-2/h7-9,18-23,33H,1-3,12-17H2,4-6H3/t18-,19-,20-,21+,22-,23-/m1/s1. The van der Waals surface area contributed by atoms with Crippen molar-refractivity contribution in [3.8, 4) is 11.8 Å². The molecule has 0 saturated carbocycles. The topological polar surface area (TPSA) is 126 Å². The summed E-state index contributed by atoms with van der Waals surface area (Å²) < 4.78 is 15.6. The van der Waals surface area contributed by atoms with E-state index in [0.717, 1.165) is 0 Å². The number of hydrogen-bond acceptors (Lipinski definition) is 9. The van der Waals surface area contributed by atoms with E-state index >= 15 is 0 Å². The van der Waals surface area contributed by atoms with Crippen molar-refractivity contribution in [2.24, 2.45) is 11.8 Å². The molecule has 3 aliphatic rings. The number of rotatable bonds is 11. The van der Waals surface area contributed by atoms with E-state index in [1.54, 1.807) is 14.0 Å². The molecule has 222 valence electrons. The van der Waals surface area contributed by atoms with Gasteiger partial charge in [-0.2, -0.15) is 0 Å². The van der Waals surface area contributed by atoms with Crippen molar-refractivity contribution in [3.05, 3.63) is 48.6 Å². The molecule has 3 rings (SSSR count). The summed E-state index contributed by atoms with van der Waals surface area (Å²) in [6, 6.07) is -0.877. The van der Waals surface area contributed by atoms with Crippen molar-refractivity contribution < 1.29 is 38.5 Å².